The molecule has 0 saturated carbocycles. The van der Waals surface area contributed by atoms with E-state index in [-0.39, 0.29) is 10.8 Å². The predicted molar refractivity (Wildman–Crippen MR) is 71.3 cm³/mol. The molecule has 0 unspecified atom stereocenters. The Bertz CT molecular complexity index is 467. The zero-order chi connectivity index (χ0) is 12.8. The Kier molecular flexibility index (Phi) is 2.68. The van der Waals surface area contributed by atoms with Crippen LogP contribution >= 0.6 is 0 Å². The van der Waals surface area contributed by atoms with Gasteiger partial charge >= 0.3 is 0 Å². The smallest absolute Gasteiger partial charge is 0.233 e. The van der Waals surface area contributed by atoms with Crippen molar-refractivity contribution in [3.63, 3.8) is 0 Å². The first-order valence-electron chi connectivity index (χ1n) is 6.32. The first-order valence-corrected chi connectivity index (χ1v) is 6.32. The van der Waals surface area contributed by atoms with Crippen molar-refractivity contribution in [1.82, 2.24) is 0 Å². The minimum Gasteiger partial charge on any atom is -0.285 e. The average Bonchev–Trinajstić information content (AvgIpc) is 2.24. The largest absolute Gasteiger partial charge is 0.285 e. The fraction of sp³-hybridized carbons (Fsp3) is 0.562. The molecule has 0 aromatic heterocycles. The van der Waals surface area contributed by atoms with Crippen molar-refractivity contribution in [3.8, 4) is 0 Å². The zero-order valence-electron chi connectivity index (χ0n) is 11.5. The Labute approximate surface area is 104 Å². The number of carbonyl (C=O) groups excluding carboxylic acids is 1. The monoisotopic (exact) mass is 229 g/mol. The van der Waals surface area contributed by atoms with Gasteiger partial charge in [-0.2, -0.15) is 0 Å². The van der Waals surface area contributed by atoms with Crippen molar-refractivity contribution in [2.75, 3.05) is 0 Å². The van der Waals surface area contributed by atoms with E-state index >= 15 is 0 Å². The summed E-state index contributed by atoms with van der Waals surface area (Å²) in [5.41, 5.74) is 4.89. The van der Waals surface area contributed by atoms with Gasteiger partial charge < -0.3 is 0 Å². The van der Waals surface area contributed by atoms with Crippen LogP contribution < -0.4 is 0 Å². The lowest BCUT2D eigenvalue weighted by molar-refractivity contribution is 0.331. The van der Waals surface area contributed by atoms with Crippen molar-refractivity contribution < 1.29 is 4.79 Å². The molecule has 1 aliphatic rings. The van der Waals surface area contributed by atoms with Crippen LogP contribution in [0.1, 0.15) is 62.8 Å². The highest BCUT2D eigenvalue weighted by Gasteiger charge is 2.37. The van der Waals surface area contributed by atoms with Gasteiger partial charge in [0.05, 0.1) is 0 Å². The topological polar surface area (TPSA) is 17.1 Å². The van der Waals surface area contributed by atoms with E-state index < -0.39 is 0 Å². The second kappa shape index (κ2) is 3.69. The van der Waals surface area contributed by atoms with E-state index in [1.54, 1.807) is 0 Å². The standard InChI is InChI=1S/C16H21O/c1-11-8-13-14(9-12(11)10-17)16(4,5)7-6-15(13,2)3/h8-9H,6-7H2,1-5H3. The summed E-state index contributed by atoms with van der Waals surface area (Å²) in [5.74, 6) is 0. The molecule has 1 aromatic rings. The van der Waals surface area contributed by atoms with E-state index in [0.717, 1.165) is 11.1 Å². The summed E-state index contributed by atoms with van der Waals surface area (Å²) in [6.07, 6.45) is 4.44. The molecule has 17 heavy (non-hydrogen) atoms. The first-order chi connectivity index (χ1) is 7.78. The van der Waals surface area contributed by atoms with Crippen molar-refractivity contribution >= 4 is 6.29 Å². The Morgan fingerprint density at radius 2 is 1.47 bits per heavy atom. The molecule has 0 aliphatic heterocycles. The van der Waals surface area contributed by atoms with Gasteiger partial charge in [-0.1, -0.05) is 33.8 Å². The molecule has 0 bridgehead atoms. The maximum absolute atomic E-state index is 11.0. The number of rotatable bonds is 1. The van der Waals surface area contributed by atoms with Crippen LogP contribution in [-0.4, -0.2) is 6.29 Å². The van der Waals surface area contributed by atoms with E-state index in [1.165, 1.54) is 24.0 Å². The molecular weight excluding hydrogens is 208 g/mol. The highest BCUT2D eigenvalue weighted by Crippen LogP contribution is 2.46. The summed E-state index contributed by atoms with van der Waals surface area (Å²) in [6, 6.07) is 4.25. The second-order valence-electron chi connectivity index (χ2n) is 6.58. The maximum Gasteiger partial charge on any atom is 0.233 e. The highest BCUT2D eigenvalue weighted by atomic mass is 16.1. The molecular formula is C16H21O. The number of hydrogen-bond acceptors (Lipinski definition) is 1. The number of hydrogen-bond donors (Lipinski definition) is 0. The van der Waals surface area contributed by atoms with E-state index in [0.29, 0.717) is 0 Å². The summed E-state index contributed by atoms with van der Waals surface area (Å²) >= 11 is 0. The van der Waals surface area contributed by atoms with Crippen molar-refractivity contribution in [2.24, 2.45) is 0 Å². The highest BCUT2D eigenvalue weighted by molar-refractivity contribution is 5.78. The molecule has 0 saturated heterocycles. The van der Waals surface area contributed by atoms with E-state index in [1.807, 2.05) is 6.92 Å². The zero-order valence-corrected chi connectivity index (χ0v) is 11.5. The van der Waals surface area contributed by atoms with Crippen LogP contribution in [0.3, 0.4) is 0 Å². The molecule has 1 aromatic carbocycles. The lowest BCUT2D eigenvalue weighted by Gasteiger charge is -2.42. The fourth-order valence-electron chi connectivity index (χ4n) is 2.83. The normalized spacial score (nSPS) is 20.8. The first kappa shape index (κ1) is 12.3. The van der Waals surface area contributed by atoms with Gasteiger partial charge in [0, 0.05) is 5.56 Å². The van der Waals surface area contributed by atoms with Crippen LogP contribution in [0.25, 0.3) is 0 Å². The summed E-state index contributed by atoms with van der Waals surface area (Å²) < 4.78 is 0. The molecule has 2 rings (SSSR count). The van der Waals surface area contributed by atoms with E-state index in [9.17, 15) is 4.79 Å². The number of benzene rings is 1. The predicted octanol–water partition coefficient (Wildman–Crippen LogP) is 3.80. The lowest BCUT2D eigenvalue weighted by Crippen LogP contribution is -2.34. The van der Waals surface area contributed by atoms with Gasteiger partial charge in [0.25, 0.3) is 0 Å². The second-order valence-corrected chi connectivity index (χ2v) is 6.58. The molecule has 0 N–H and O–H groups in total. The summed E-state index contributed by atoms with van der Waals surface area (Å²) in [7, 11) is 0. The van der Waals surface area contributed by atoms with Gasteiger partial charge in [0.1, 0.15) is 0 Å². The average molecular weight is 229 g/mol. The molecule has 0 heterocycles. The molecule has 1 aliphatic carbocycles. The van der Waals surface area contributed by atoms with Crippen LogP contribution in [-0.2, 0) is 15.6 Å². The SMILES string of the molecule is Cc1cc2c(cc1[C]=O)C(C)(C)CCC2(C)C. The van der Waals surface area contributed by atoms with Gasteiger partial charge in [0.15, 0.2) is 0 Å². The van der Waals surface area contributed by atoms with Gasteiger partial charge in [-0.15, -0.1) is 0 Å². The Balaban J connectivity index is 2.72. The quantitative estimate of drug-likeness (QED) is 0.716. The van der Waals surface area contributed by atoms with E-state index in [4.69, 9.17) is 0 Å². The van der Waals surface area contributed by atoms with Gasteiger partial charge in [-0.25, -0.2) is 0 Å². The van der Waals surface area contributed by atoms with Gasteiger partial charge in [-0.3, -0.25) is 4.79 Å². The molecule has 91 valence electrons. The minimum absolute atomic E-state index is 0.171. The Morgan fingerprint density at radius 3 is 1.94 bits per heavy atom. The summed E-state index contributed by atoms with van der Waals surface area (Å²) in [4.78, 5) is 11.0. The van der Waals surface area contributed by atoms with Gasteiger partial charge in [-0.05, 0) is 53.4 Å². The molecule has 1 nitrogen and oxygen atoms in total. The third-order valence-electron chi connectivity index (χ3n) is 4.31. The van der Waals surface area contributed by atoms with Crippen LogP contribution in [0.5, 0.6) is 0 Å². The Morgan fingerprint density at radius 1 is 1.00 bits per heavy atom. The van der Waals surface area contributed by atoms with Crippen molar-refractivity contribution in [1.29, 1.82) is 0 Å². The Hall–Kier alpha value is -1.11. The van der Waals surface area contributed by atoms with Crippen molar-refractivity contribution in [2.45, 2.75) is 58.3 Å². The maximum atomic E-state index is 11.0. The number of aryl methyl sites for hydroxylation is 1. The summed E-state index contributed by atoms with van der Waals surface area (Å²) in [5, 5.41) is 0. The molecule has 1 radical (unpaired) electrons. The molecule has 0 atom stereocenters. The van der Waals surface area contributed by atoms with E-state index in [2.05, 4.69) is 46.1 Å². The molecule has 0 fully saturated rings. The third-order valence-corrected chi connectivity index (χ3v) is 4.31. The molecule has 0 spiro atoms. The lowest BCUT2D eigenvalue weighted by atomic mass is 9.62. The van der Waals surface area contributed by atoms with Crippen LogP contribution in [0.2, 0.25) is 0 Å². The summed E-state index contributed by atoms with van der Waals surface area (Å²) in [6.45, 7) is 11.1. The fourth-order valence-corrected chi connectivity index (χ4v) is 2.83. The van der Waals surface area contributed by atoms with Crippen LogP contribution in [0.4, 0.5) is 0 Å². The van der Waals surface area contributed by atoms with Gasteiger partial charge in [0.2, 0.25) is 6.29 Å². The number of fused-ring (bicyclic) bond motifs is 1. The third kappa shape index (κ3) is 1.92. The molecule has 0 amide bonds. The van der Waals surface area contributed by atoms with Crippen LogP contribution in [0.15, 0.2) is 12.1 Å². The minimum atomic E-state index is 0.171. The van der Waals surface area contributed by atoms with Crippen LogP contribution in [0, 0.1) is 6.92 Å². The molecule has 1 heteroatoms. The van der Waals surface area contributed by atoms with Crippen molar-refractivity contribution in [3.05, 3.63) is 34.4 Å².